The van der Waals surface area contributed by atoms with Gasteiger partial charge < -0.3 is 10.3 Å². The molecular weight excluding hydrogens is 245 g/mol. The molecule has 2 aromatic rings. The average molecular weight is 256 g/mol. The van der Waals surface area contributed by atoms with E-state index in [0.29, 0.717) is 22.3 Å². The van der Waals surface area contributed by atoms with Gasteiger partial charge in [0.05, 0.1) is 11.3 Å². The van der Waals surface area contributed by atoms with Crippen LogP contribution >= 0.6 is 0 Å². The zero-order chi connectivity index (χ0) is 13.5. The van der Waals surface area contributed by atoms with Crippen molar-refractivity contribution in [1.82, 2.24) is 4.98 Å². The second kappa shape index (κ2) is 4.04. The van der Waals surface area contributed by atoms with Gasteiger partial charge in [-0.05, 0) is 25.1 Å². The van der Waals surface area contributed by atoms with Gasteiger partial charge in [0.25, 0.3) is 0 Å². The largest absolute Gasteiger partial charge is 0.416 e. The fourth-order valence-corrected chi connectivity index (χ4v) is 1.84. The molecule has 0 radical (unpaired) electrons. The summed E-state index contributed by atoms with van der Waals surface area (Å²) in [6, 6.07) is 3.40. The van der Waals surface area contributed by atoms with Gasteiger partial charge >= 0.3 is 6.18 Å². The van der Waals surface area contributed by atoms with Crippen molar-refractivity contribution < 1.29 is 18.0 Å². The molecule has 1 aromatic carbocycles. The van der Waals surface area contributed by atoms with Crippen molar-refractivity contribution in [2.75, 3.05) is 5.32 Å². The summed E-state index contributed by atoms with van der Waals surface area (Å²) in [5, 5.41) is 2.90. The van der Waals surface area contributed by atoms with Gasteiger partial charge in [-0.2, -0.15) is 13.2 Å². The third-order valence-corrected chi connectivity index (χ3v) is 2.61. The zero-order valence-corrected chi connectivity index (χ0v) is 9.77. The lowest BCUT2D eigenvalue weighted by molar-refractivity contribution is -0.137. The maximum Gasteiger partial charge on any atom is 0.416 e. The highest BCUT2D eigenvalue weighted by Crippen LogP contribution is 2.34. The van der Waals surface area contributed by atoms with Crippen molar-refractivity contribution in [3.05, 3.63) is 29.5 Å². The van der Waals surface area contributed by atoms with Gasteiger partial charge in [-0.3, -0.25) is 4.79 Å². The van der Waals surface area contributed by atoms with Crippen molar-refractivity contribution >= 4 is 22.5 Å². The number of rotatable bonds is 1. The molecule has 0 aliphatic carbocycles. The second-order valence-electron chi connectivity index (χ2n) is 4.06. The van der Waals surface area contributed by atoms with E-state index in [-0.39, 0.29) is 5.91 Å². The number of carbonyl (C=O) groups excluding carboxylic acids is 1. The number of halogens is 3. The van der Waals surface area contributed by atoms with E-state index in [2.05, 4.69) is 10.3 Å². The molecule has 0 aliphatic rings. The molecular formula is C12H11F3N2O. The molecule has 6 heteroatoms. The number of nitrogens with one attached hydrogen (secondary N) is 2. The van der Waals surface area contributed by atoms with Crippen LogP contribution in [0.4, 0.5) is 18.9 Å². The minimum absolute atomic E-state index is 0.323. The summed E-state index contributed by atoms with van der Waals surface area (Å²) in [6.07, 6.45) is -4.40. The Kier molecular flexibility index (Phi) is 2.80. The first-order chi connectivity index (χ1) is 8.29. The third kappa shape index (κ3) is 2.18. The van der Waals surface area contributed by atoms with Crippen LogP contribution in [0.5, 0.6) is 0 Å². The van der Waals surface area contributed by atoms with Crippen molar-refractivity contribution in [2.24, 2.45) is 0 Å². The maximum atomic E-state index is 12.6. The van der Waals surface area contributed by atoms with Crippen LogP contribution in [0.2, 0.25) is 0 Å². The highest BCUT2D eigenvalue weighted by Gasteiger charge is 2.31. The molecule has 1 amide bonds. The molecule has 0 bridgehead atoms. The molecule has 0 saturated heterocycles. The number of aromatic amines is 1. The standard InChI is InChI=1S/C12H11F3N2O/c1-6-11(17-7(2)18)9-5-8(12(13,14)15)3-4-10(9)16-6/h3-5,16H,1-2H3,(H,17,18). The molecule has 0 atom stereocenters. The Morgan fingerprint density at radius 2 is 2.00 bits per heavy atom. The summed E-state index contributed by atoms with van der Waals surface area (Å²) in [5.41, 5.74) is 0.841. The number of benzene rings is 1. The molecule has 0 saturated carbocycles. The van der Waals surface area contributed by atoms with Gasteiger partial charge in [0, 0.05) is 23.5 Å². The molecule has 2 rings (SSSR count). The van der Waals surface area contributed by atoms with Gasteiger partial charge in [-0.1, -0.05) is 0 Å². The number of alkyl halides is 3. The van der Waals surface area contributed by atoms with Gasteiger partial charge in [0.15, 0.2) is 0 Å². The number of amides is 1. The maximum absolute atomic E-state index is 12.6. The average Bonchev–Trinajstić information content (AvgIpc) is 2.53. The Bertz CT molecular complexity index is 614. The number of fused-ring (bicyclic) bond motifs is 1. The van der Waals surface area contributed by atoms with Crippen molar-refractivity contribution in [2.45, 2.75) is 20.0 Å². The van der Waals surface area contributed by atoms with E-state index in [0.717, 1.165) is 12.1 Å². The lowest BCUT2D eigenvalue weighted by Gasteiger charge is -2.07. The van der Waals surface area contributed by atoms with Crippen LogP contribution in [0.3, 0.4) is 0 Å². The molecule has 1 aromatic heterocycles. The third-order valence-electron chi connectivity index (χ3n) is 2.61. The number of carbonyl (C=O) groups is 1. The Morgan fingerprint density at radius 3 is 2.56 bits per heavy atom. The predicted octanol–water partition coefficient (Wildman–Crippen LogP) is 3.45. The molecule has 3 nitrogen and oxygen atoms in total. The fourth-order valence-electron chi connectivity index (χ4n) is 1.84. The van der Waals surface area contributed by atoms with E-state index < -0.39 is 11.7 Å². The molecule has 1 heterocycles. The summed E-state index contributed by atoms with van der Waals surface area (Å²) >= 11 is 0. The van der Waals surface area contributed by atoms with Gasteiger partial charge in [-0.15, -0.1) is 0 Å². The zero-order valence-electron chi connectivity index (χ0n) is 9.77. The fraction of sp³-hybridized carbons (Fsp3) is 0.250. The second-order valence-corrected chi connectivity index (χ2v) is 4.06. The summed E-state index contributed by atoms with van der Waals surface area (Å²) in [5.74, 6) is -0.323. The van der Waals surface area contributed by atoms with Gasteiger partial charge in [0.2, 0.25) is 5.91 Å². The highest BCUT2D eigenvalue weighted by molar-refractivity contribution is 6.02. The summed E-state index contributed by atoms with van der Waals surface area (Å²) in [7, 11) is 0. The van der Waals surface area contributed by atoms with Crippen LogP contribution in [-0.4, -0.2) is 10.9 Å². The highest BCUT2D eigenvalue weighted by atomic mass is 19.4. The first-order valence-electron chi connectivity index (χ1n) is 5.26. The van der Waals surface area contributed by atoms with E-state index in [9.17, 15) is 18.0 Å². The number of hydrogen-bond donors (Lipinski definition) is 2. The van der Waals surface area contributed by atoms with Gasteiger partial charge in [-0.25, -0.2) is 0 Å². The minimum atomic E-state index is -4.40. The van der Waals surface area contributed by atoms with Crippen LogP contribution in [0.15, 0.2) is 18.2 Å². The number of anilines is 1. The van der Waals surface area contributed by atoms with Crippen LogP contribution in [0.25, 0.3) is 10.9 Å². The smallest absolute Gasteiger partial charge is 0.357 e. The summed E-state index contributed by atoms with van der Waals surface area (Å²) in [6.45, 7) is 3.00. The van der Waals surface area contributed by atoms with E-state index in [1.807, 2.05) is 0 Å². The Morgan fingerprint density at radius 1 is 1.33 bits per heavy atom. The van der Waals surface area contributed by atoms with Crippen molar-refractivity contribution in [3.8, 4) is 0 Å². The summed E-state index contributed by atoms with van der Waals surface area (Å²) in [4.78, 5) is 14.0. The van der Waals surface area contributed by atoms with Crippen LogP contribution < -0.4 is 5.32 Å². The van der Waals surface area contributed by atoms with Crippen LogP contribution in [0.1, 0.15) is 18.2 Å². The Balaban J connectivity index is 2.63. The first kappa shape index (κ1) is 12.5. The predicted molar refractivity (Wildman–Crippen MR) is 62.3 cm³/mol. The molecule has 0 unspecified atom stereocenters. The van der Waals surface area contributed by atoms with Crippen molar-refractivity contribution in [1.29, 1.82) is 0 Å². The van der Waals surface area contributed by atoms with Crippen LogP contribution in [0, 0.1) is 6.92 Å². The normalized spacial score (nSPS) is 11.8. The number of aromatic nitrogens is 1. The quantitative estimate of drug-likeness (QED) is 0.806. The summed E-state index contributed by atoms with van der Waals surface area (Å²) < 4.78 is 37.9. The minimum Gasteiger partial charge on any atom is -0.357 e. The van der Waals surface area contributed by atoms with E-state index in [1.165, 1.54) is 13.0 Å². The molecule has 96 valence electrons. The molecule has 0 spiro atoms. The van der Waals surface area contributed by atoms with Gasteiger partial charge in [0.1, 0.15) is 0 Å². The first-order valence-corrected chi connectivity index (χ1v) is 5.26. The Hall–Kier alpha value is -1.98. The van der Waals surface area contributed by atoms with E-state index in [1.54, 1.807) is 6.92 Å². The molecule has 18 heavy (non-hydrogen) atoms. The lowest BCUT2D eigenvalue weighted by atomic mass is 10.1. The van der Waals surface area contributed by atoms with E-state index >= 15 is 0 Å². The van der Waals surface area contributed by atoms with E-state index in [4.69, 9.17) is 0 Å². The topological polar surface area (TPSA) is 44.9 Å². The lowest BCUT2D eigenvalue weighted by Crippen LogP contribution is -2.07. The number of aryl methyl sites for hydroxylation is 1. The number of H-pyrrole nitrogens is 1. The Labute approximate surface area is 101 Å². The SMILES string of the molecule is CC(=O)Nc1c(C)[nH]c2ccc(C(F)(F)F)cc12. The molecule has 0 aliphatic heterocycles. The molecule has 2 N–H and O–H groups in total. The monoisotopic (exact) mass is 256 g/mol. The number of hydrogen-bond acceptors (Lipinski definition) is 1. The van der Waals surface area contributed by atoms with Crippen LogP contribution in [-0.2, 0) is 11.0 Å². The van der Waals surface area contributed by atoms with Crippen molar-refractivity contribution in [3.63, 3.8) is 0 Å². The molecule has 0 fully saturated rings.